The van der Waals surface area contributed by atoms with Crippen molar-refractivity contribution in [3.8, 4) is 0 Å². The van der Waals surface area contributed by atoms with E-state index in [2.05, 4.69) is 21.2 Å². The molecule has 22 heavy (non-hydrogen) atoms. The standard InChI is InChI=1S/C17H17BrN2O2/c1-20(2)11-16(21)19-15-9-8-13(18)10-14(15)17(22)12-6-4-3-5-7-12/h3-10H,11H2,1-2H3,(H,19,21). The average Bonchev–Trinajstić information content (AvgIpc) is 2.48. The molecule has 0 aliphatic heterocycles. The van der Waals surface area contributed by atoms with Crippen LogP contribution in [0, 0.1) is 0 Å². The van der Waals surface area contributed by atoms with Gasteiger partial charge >= 0.3 is 0 Å². The number of anilines is 1. The number of hydrogen-bond donors (Lipinski definition) is 1. The Morgan fingerprint density at radius 1 is 1.09 bits per heavy atom. The Bertz CT molecular complexity index is 684. The van der Waals surface area contributed by atoms with Crippen molar-refractivity contribution in [1.29, 1.82) is 0 Å². The second-order valence-electron chi connectivity index (χ2n) is 5.17. The molecule has 0 unspecified atom stereocenters. The number of rotatable bonds is 5. The van der Waals surface area contributed by atoms with Crippen molar-refractivity contribution < 1.29 is 9.59 Å². The SMILES string of the molecule is CN(C)CC(=O)Nc1ccc(Br)cc1C(=O)c1ccccc1. The largest absolute Gasteiger partial charge is 0.324 e. The Kier molecular flexibility index (Phi) is 5.46. The zero-order valence-electron chi connectivity index (χ0n) is 12.5. The lowest BCUT2D eigenvalue weighted by Gasteiger charge is -2.13. The van der Waals surface area contributed by atoms with Gasteiger partial charge in [0, 0.05) is 15.6 Å². The van der Waals surface area contributed by atoms with Gasteiger partial charge in [-0.25, -0.2) is 0 Å². The molecule has 0 fully saturated rings. The summed E-state index contributed by atoms with van der Waals surface area (Å²) >= 11 is 3.37. The Morgan fingerprint density at radius 2 is 1.77 bits per heavy atom. The fraction of sp³-hybridized carbons (Fsp3) is 0.176. The smallest absolute Gasteiger partial charge is 0.238 e. The van der Waals surface area contributed by atoms with Gasteiger partial charge in [-0.15, -0.1) is 0 Å². The first-order valence-corrected chi connectivity index (χ1v) is 7.60. The third-order valence-electron chi connectivity index (χ3n) is 3.00. The summed E-state index contributed by atoms with van der Waals surface area (Å²) in [5.74, 6) is -0.281. The number of carbonyl (C=O) groups excluding carboxylic acids is 2. The molecule has 0 saturated heterocycles. The van der Waals surface area contributed by atoms with Crippen molar-refractivity contribution in [2.45, 2.75) is 0 Å². The van der Waals surface area contributed by atoms with Crippen molar-refractivity contribution in [1.82, 2.24) is 4.90 Å². The second-order valence-corrected chi connectivity index (χ2v) is 6.09. The van der Waals surface area contributed by atoms with Crippen LogP contribution in [0.25, 0.3) is 0 Å². The summed E-state index contributed by atoms with van der Waals surface area (Å²) in [5.41, 5.74) is 1.57. The van der Waals surface area contributed by atoms with Gasteiger partial charge in [-0.3, -0.25) is 9.59 Å². The monoisotopic (exact) mass is 360 g/mol. The molecule has 0 radical (unpaired) electrons. The van der Waals surface area contributed by atoms with Crippen molar-refractivity contribution >= 4 is 33.3 Å². The van der Waals surface area contributed by atoms with Gasteiger partial charge in [0.05, 0.1) is 12.2 Å². The number of halogens is 1. The molecular weight excluding hydrogens is 344 g/mol. The highest BCUT2D eigenvalue weighted by molar-refractivity contribution is 9.10. The highest BCUT2D eigenvalue weighted by Gasteiger charge is 2.16. The lowest BCUT2D eigenvalue weighted by atomic mass is 10.0. The van der Waals surface area contributed by atoms with E-state index in [1.165, 1.54) is 0 Å². The number of benzene rings is 2. The molecule has 5 heteroatoms. The van der Waals surface area contributed by atoms with Gasteiger partial charge in [0.2, 0.25) is 5.91 Å². The minimum absolute atomic E-state index is 0.123. The predicted molar refractivity (Wildman–Crippen MR) is 91.2 cm³/mol. The van der Waals surface area contributed by atoms with Gasteiger partial charge in [-0.1, -0.05) is 46.3 Å². The van der Waals surface area contributed by atoms with E-state index in [-0.39, 0.29) is 18.2 Å². The van der Waals surface area contributed by atoms with E-state index >= 15 is 0 Å². The first-order valence-electron chi connectivity index (χ1n) is 6.81. The first kappa shape index (κ1) is 16.4. The summed E-state index contributed by atoms with van der Waals surface area (Å²) in [4.78, 5) is 26.4. The van der Waals surface area contributed by atoms with Gasteiger partial charge < -0.3 is 10.2 Å². The molecule has 2 aromatic carbocycles. The van der Waals surface area contributed by atoms with Crippen LogP contribution in [0.3, 0.4) is 0 Å². The van der Waals surface area contributed by atoms with Gasteiger partial charge in [0.25, 0.3) is 0 Å². The summed E-state index contributed by atoms with van der Waals surface area (Å²) in [6.45, 7) is 0.259. The number of nitrogens with zero attached hydrogens (tertiary/aromatic N) is 1. The van der Waals surface area contributed by atoms with E-state index < -0.39 is 0 Å². The van der Waals surface area contributed by atoms with Gasteiger partial charge in [-0.2, -0.15) is 0 Å². The first-order chi connectivity index (χ1) is 10.5. The molecule has 114 valence electrons. The highest BCUT2D eigenvalue weighted by Crippen LogP contribution is 2.24. The van der Waals surface area contributed by atoms with Crippen LogP contribution in [0.15, 0.2) is 53.0 Å². The topological polar surface area (TPSA) is 49.4 Å². The van der Waals surface area contributed by atoms with Crippen molar-refractivity contribution in [3.05, 3.63) is 64.1 Å². The van der Waals surface area contributed by atoms with Crippen LogP contribution in [0.5, 0.6) is 0 Å². The van der Waals surface area contributed by atoms with E-state index in [1.54, 1.807) is 35.2 Å². The van der Waals surface area contributed by atoms with E-state index in [9.17, 15) is 9.59 Å². The third kappa shape index (κ3) is 4.26. The highest BCUT2D eigenvalue weighted by atomic mass is 79.9. The van der Waals surface area contributed by atoms with Crippen LogP contribution in [-0.2, 0) is 4.79 Å². The quantitative estimate of drug-likeness (QED) is 0.833. The summed E-state index contributed by atoms with van der Waals surface area (Å²) in [6.07, 6.45) is 0. The number of ketones is 1. The third-order valence-corrected chi connectivity index (χ3v) is 3.49. The summed E-state index contributed by atoms with van der Waals surface area (Å²) < 4.78 is 0.789. The van der Waals surface area contributed by atoms with E-state index in [0.717, 1.165) is 4.47 Å². The minimum atomic E-state index is -0.158. The summed E-state index contributed by atoms with van der Waals surface area (Å²) in [7, 11) is 3.63. The van der Waals surface area contributed by atoms with Crippen LogP contribution in [-0.4, -0.2) is 37.2 Å². The fourth-order valence-electron chi connectivity index (χ4n) is 2.04. The molecule has 2 aromatic rings. The second kappa shape index (κ2) is 7.33. The molecule has 0 aliphatic carbocycles. The van der Waals surface area contributed by atoms with Crippen LogP contribution >= 0.6 is 15.9 Å². The Morgan fingerprint density at radius 3 is 2.41 bits per heavy atom. The maximum atomic E-state index is 12.6. The van der Waals surface area contributed by atoms with Crippen LogP contribution < -0.4 is 5.32 Å². The molecular formula is C17H17BrN2O2. The molecule has 1 amide bonds. The number of nitrogens with one attached hydrogen (secondary N) is 1. The molecule has 0 spiro atoms. The van der Waals surface area contributed by atoms with Crippen LogP contribution in [0.4, 0.5) is 5.69 Å². The molecule has 0 atom stereocenters. The van der Waals surface area contributed by atoms with Crippen molar-refractivity contribution in [3.63, 3.8) is 0 Å². The molecule has 0 aromatic heterocycles. The lowest BCUT2D eigenvalue weighted by molar-refractivity contribution is -0.116. The fourth-order valence-corrected chi connectivity index (χ4v) is 2.40. The average molecular weight is 361 g/mol. The normalized spacial score (nSPS) is 10.5. The zero-order chi connectivity index (χ0) is 16.1. The number of amides is 1. The van der Waals surface area contributed by atoms with Gasteiger partial charge in [0.15, 0.2) is 5.78 Å². The van der Waals surface area contributed by atoms with Crippen molar-refractivity contribution in [2.75, 3.05) is 26.0 Å². The Balaban J connectivity index is 2.32. The lowest BCUT2D eigenvalue weighted by Crippen LogP contribution is -2.27. The molecule has 4 nitrogen and oxygen atoms in total. The molecule has 0 aliphatic rings. The zero-order valence-corrected chi connectivity index (χ0v) is 14.1. The number of carbonyl (C=O) groups is 2. The van der Waals surface area contributed by atoms with E-state index in [0.29, 0.717) is 16.8 Å². The molecule has 0 bridgehead atoms. The van der Waals surface area contributed by atoms with E-state index in [1.807, 2.05) is 32.3 Å². The van der Waals surface area contributed by atoms with Crippen LogP contribution in [0.1, 0.15) is 15.9 Å². The molecule has 2 rings (SSSR count). The number of hydrogen-bond acceptors (Lipinski definition) is 3. The predicted octanol–water partition coefficient (Wildman–Crippen LogP) is 3.18. The summed E-state index contributed by atoms with van der Waals surface area (Å²) in [6, 6.07) is 14.3. The maximum Gasteiger partial charge on any atom is 0.238 e. The Hall–Kier alpha value is -1.98. The molecule has 1 N–H and O–H groups in total. The maximum absolute atomic E-state index is 12.6. The van der Waals surface area contributed by atoms with E-state index in [4.69, 9.17) is 0 Å². The molecule has 0 saturated carbocycles. The Labute approximate surface area is 138 Å². The minimum Gasteiger partial charge on any atom is -0.324 e. The van der Waals surface area contributed by atoms with Crippen molar-refractivity contribution in [2.24, 2.45) is 0 Å². The number of likely N-dealkylation sites (N-methyl/N-ethyl adjacent to an activating group) is 1. The van der Waals surface area contributed by atoms with Gasteiger partial charge in [-0.05, 0) is 32.3 Å². The van der Waals surface area contributed by atoms with Gasteiger partial charge in [0.1, 0.15) is 0 Å². The summed E-state index contributed by atoms with van der Waals surface area (Å²) in [5, 5.41) is 2.80. The van der Waals surface area contributed by atoms with Crippen LogP contribution in [0.2, 0.25) is 0 Å². The molecule has 0 heterocycles.